The highest BCUT2D eigenvalue weighted by atomic mass is 32.1. The molecule has 3 aromatic carbocycles. The zero-order valence-corrected chi connectivity index (χ0v) is 24.1. The second kappa shape index (κ2) is 13.2. The van der Waals surface area contributed by atoms with E-state index in [0.717, 1.165) is 30.2 Å². The highest BCUT2D eigenvalue weighted by molar-refractivity contribution is 7.22. The van der Waals surface area contributed by atoms with Crippen LogP contribution in [0.2, 0.25) is 0 Å². The number of hydrogen-bond acceptors (Lipinski definition) is 6. The van der Waals surface area contributed by atoms with Crippen LogP contribution in [0.3, 0.4) is 0 Å². The summed E-state index contributed by atoms with van der Waals surface area (Å²) in [7, 11) is 0. The molecule has 4 N–H and O–H groups in total. The predicted molar refractivity (Wildman–Crippen MR) is 161 cm³/mol. The molecule has 0 spiro atoms. The molecule has 1 aliphatic rings. The topological polar surface area (TPSA) is 146 Å². The van der Waals surface area contributed by atoms with Gasteiger partial charge in [-0.15, -0.1) is 18.3 Å². The average molecular weight is 624 g/mol. The molecule has 0 radical (unpaired) electrons. The minimum Gasteiger partial charge on any atom is -0.406 e. The quantitative estimate of drug-likeness (QED) is 0.109. The van der Waals surface area contributed by atoms with Gasteiger partial charge >= 0.3 is 12.4 Å². The minimum atomic E-state index is -4.83. The molecule has 1 aromatic heterocycles. The second-order valence-electron chi connectivity index (χ2n) is 10.2. The number of nitrogens with two attached hydrogens (primary N) is 1. The molecule has 0 saturated heterocycles. The Balaban J connectivity index is 1.39. The zero-order valence-electron chi connectivity index (χ0n) is 23.3. The summed E-state index contributed by atoms with van der Waals surface area (Å²) in [5.41, 5.74) is 15.4. The first-order valence-electron chi connectivity index (χ1n) is 13.8. The van der Waals surface area contributed by atoms with Gasteiger partial charge in [-0.1, -0.05) is 54.9 Å². The Kier molecular flexibility index (Phi) is 9.18. The van der Waals surface area contributed by atoms with Gasteiger partial charge in [0, 0.05) is 17.3 Å². The number of fused-ring (bicyclic) bond motifs is 1. The van der Waals surface area contributed by atoms with Crippen molar-refractivity contribution >= 4 is 50.3 Å². The number of alkyl halides is 3. The van der Waals surface area contributed by atoms with E-state index in [1.54, 1.807) is 12.1 Å². The number of urea groups is 1. The van der Waals surface area contributed by atoms with E-state index in [4.69, 9.17) is 11.3 Å². The number of anilines is 2. The predicted octanol–water partition coefficient (Wildman–Crippen LogP) is 7.97. The molecular weight excluding hydrogens is 595 g/mol. The Morgan fingerprint density at radius 2 is 1.75 bits per heavy atom. The van der Waals surface area contributed by atoms with Crippen LogP contribution in [0.1, 0.15) is 59.5 Å². The minimum absolute atomic E-state index is 0.130. The van der Waals surface area contributed by atoms with Gasteiger partial charge in [0.25, 0.3) is 5.91 Å². The number of carbonyl (C=O) groups is 2. The standard InChI is InChI=1S/C30H28F3N7O3S/c31-30(32,33)43-23-14-15-24-25(16-23)44-28(36-24)38-29(42)40(22-12-10-20(11-13-22)19-4-2-1-3-5-19)17-18-6-8-21(9-7-18)26(41)37-27(34)39-35/h6-16,19,35H,1-5,17H2,(H2,34,37,41)(H,36,38,42). The molecule has 1 aliphatic carbocycles. The highest BCUT2D eigenvalue weighted by Crippen LogP contribution is 2.35. The number of amides is 3. The Morgan fingerprint density at radius 1 is 1.05 bits per heavy atom. The lowest BCUT2D eigenvalue weighted by molar-refractivity contribution is -0.274. The number of rotatable bonds is 7. The number of halogens is 3. The lowest BCUT2D eigenvalue weighted by Gasteiger charge is -2.25. The summed E-state index contributed by atoms with van der Waals surface area (Å²) in [4.78, 5) is 35.3. The van der Waals surface area contributed by atoms with Gasteiger partial charge in [0.1, 0.15) is 5.75 Å². The van der Waals surface area contributed by atoms with Crippen LogP contribution < -0.4 is 20.7 Å². The Morgan fingerprint density at radius 3 is 2.41 bits per heavy atom. The van der Waals surface area contributed by atoms with Gasteiger partial charge in [-0.3, -0.25) is 15.0 Å². The molecule has 0 unspecified atom stereocenters. The SMILES string of the molecule is N=NC(N)=NC(=O)c1ccc(CN(C(=O)Nc2nc3ccc(OC(F)(F)F)cc3s2)c2ccc(C3CCCCC3)cc2)cc1. The van der Waals surface area contributed by atoms with Crippen molar-refractivity contribution in [2.75, 3.05) is 10.2 Å². The summed E-state index contributed by atoms with van der Waals surface area (Å²) in [6, 6.07) is 17.5. The van der Waals surface area contributed by atoms with Crippen LogP contribution >= 0.6 is 11.3 Å². The fraction of sp³-hybridized carbons (Fsp3) is 0.267. The van der Waals surface area contributed by atoms with Gasteiger partial charge < -0.3 is 10.5 Å². The van der Waals surface area contributed by atoms with E-state index in [2.05, 4.69) is 25.1 Å². The van der Waals surface area contributed by atoms with E-state index >= 15 is 0 Å². The number of ether oxygens (including phenoxy) is 1. The van der Waals surface area contributed by atoms with Crippen LogP contribution in [0.5, 0.6) is 5.75 Å². The third-order valence-corrected chi connectivity index (χ3v) is 8.14. The van der Waals surface area contributed by atoms with Crippen molar-refractivity contribution in [2.24, 2.45) is 15.8 Å². The summed E-state index contributed by atoms with van der Waals surface area (Å²) in [6.45, 7) is 0.130. The van der Waals surface area contributed by atoms with Crippen molar-refractivity contribution in [3.63, 3.8) is 0 Å². The van der Waals surface area contributed by atoms with Gasteiger partial charge in [0.2, 0.25) is 5.96 Å². The first-order chi connectivity index (χ1) is 21.1. The van der Waals surface area contributed by atoms with E-state index in [0.29, 0.717) is 27.4 Å². The lowest BCUT2D eigenvalue weighted by Crippen LogP contribution is -2.34. The summed E-state index contributed by atoms with van der Waals surface area (Å²) in [5.74, 6) is -1.01. The number of thiazole rings is 1. The van der Waals surface area contributed by atoms with E-state index < -0.39 is 24.3 Å². The van der Waals surface area contributed by atoms with Crippen molar-refractivity contribution in [3.8, 4) is 5.75 Å². The molecule has 3 amide bonds. The van der Waals surface area contributed by atoms with Gasteiger partial charge in [-0.05, 0) is 66.3 Å². The number of aliphatic imine (C=N–C) groups is 1. The number of aromatic nitrogens is 1. The van der Waals surface area contributed by atoms with Crippen molar-refractivity contribution in [1.82, 2.24) is 4.98 Å². The zero-order chi connectivity index (χ0) is 31.3. The van der Waals surface area contributed by atoms with Crippen molar-refractivity contribution in [1.29, 1.82) is 5.53 Å². The Bertz CT molecular complexity index is 1680. The van der Waals surface area contributed by atoms with E-state index in [9.17, 15) is 22.8 Å². The van der Waals surface area contributed by atoms with E-state index in [1.165, 1.54) is 54.0 Å². The van der Waals surface area contributed by atoms with Gasteiger partial charge in [0.15, 0.2) is 5.13 Å². The maximum absolute atomic E-state index is 13.7. The number of hydrogen-bond donors (Lipinski definition) is 3. The molecule has 0 aliphatic heterocycles. The molecule has 5 rings (SSSR count). The molecule has 228 valence electrons. The smallest absolute Gasteiger partial charge is 0.406 e. The Hall–Kier alpha value is -4.85. The fourth-order valence-electron chi connectivity index (χ4n) is 5.09. The second-order valence-corrected chi connectivity index (χ2v) is 11.3. The number of nitrogens with one attached hydrogen (secondary N) is 2. The number of carbonyl (C=O) groups excluding carboxylic acids is 2. The fourth-order valence-corrected chi connectivity index (χ4v) is 5.97. The third-order valence-electron chi connectivity index (χ3n) is 7.21. The average Bonchev–Trinajstić information content (AvgIpc) is 3.41. The molecule has 0 atom stereocenters. The van der Waals surface area contributed by atoms with E-state index in [-0.39, 0.29) is 23.0 Å². The first kappa shape index (κ1) is 30.6. The maximum atomic E-state index is 13.7. The van der Waals surface area contributed by atoms with Crippen molar-refractivity contribution < 1.29 is 27.5 Å². The number of benzene rings is 3. The van der Waals surface area contributed by atoms with Gasteiger partial charge in [0.05, 0.1) is 16.8 Å². The van der Waals surface area contributed by atoms with E-state index in [1.807, 2.05) is 24.3 Å². The van der Waals surface area contributed by atoms with Gasteiger partial charge in [-0.25, -0.2) is 15.3 Å². The summed E-state index contributed by atoms with van der Waals surface area (Å²) in [6.07, 6.45) is 1.07. The molecule has 1 heterocycles. The molecule has 14 heteroatoms. The summed E-state index contributed by atoms with van der Waals surface area (Å²) in [5, 5.41) is 5.89. The van der Waals surface area contributed by atoms with Crippen LogP contribution in [0, 0.1) is 5.53 Å². The van der Waals surface area contributed by atoms with Crippen LogP contribution in [-0.4, -0.2) is 29.2 Å². The monoisotopic (exact) mass is 623 g/mol. The van der Waals surface area contributed by atoms with Gasteiger partial charge in [-0.2, -0.15) is 4.99 Å². The summed E-state index contributed by atoms with van der Waals surface area (Å²) < 4.78 is 42.4. The molecule has 4 aromatic rings. The lowest BCUT2D eigenvalue weighted by atomic mass is 9.84. The summed E-state index contributed by atoms with van der Waals surface area (Å²) >= 11 is 1.02. The molecule has 0 bridgehead atoms. The molecule has 1 saturated carbocycles. The van der Waals surface area contributed by atoms with Crippen LogP contribution in [0.15, 0.2) is 76.8 Å². The molecular formula is C30H28F3N7O3S. The third kappa shape index (κ3) is 7.75. The highest BCUT2D eigenvalue weighted by Gasteiger charge is 2.31. The van der Waals surface area contributed by atoms with Crippen molar-refractivity contribution in [2.45, 2.75) is 50.9 Å². The van der Waals surface area contributed by atoms with Crippen LogP contribution in [0.25, 0.3) is 10.2 Å². The van der Waals surface area contributed by atoms with Crippen LogP contribution in [-0.2, 0) is 6.54 Å². The van der Waals surface area contributed by atoms with Crippen molar-refractivity contribution in [3.05, 3.63) is 83.4 Å². The van der Waals surface area contributed by atoms with Crippen LogP contribution in [0.4, 0.5) is 28.8 Å². The Labute approximate surface area is 254 Å². The first-order valence-corrected chi connectivity index (χ1v) is 14.6. The number of guanidine groups is 1. The molecule has 1 fully saturated rings. The largest absolute Gasteiger partial charge is 0.573 e. The number of nitrogens with zero attached hydrogens (tertiary/aromatic N) is 4. The molecule has 10 nitrogen and oxygen atoms in total. The normalized spacial score (nSPS) is 14.3. The maximum Gasteiger partial charge on any atom is 0.573 e. The molecule has 44 heavy (non-hydrogen) atoms.